The number of hydrogen-bond acceptors (Lipinski definition) is 4. The van der Waals surface area contributed by atoms with Gasteiger partial charge in [-0.1, -0.05) is 6.07 Å². The highest BCUT2D eigenvalue weighted by molar-refractivity contribution is 7.12. The van der Waals surface area contributed by atoms with E-state index in [-0.39, 0.29) is 11.8 Å². The van der Waals surface area contributed by atoms with Crippen LogP contribution in [-0.4, -0.2) is 25.5 Å². The van der Waals surface area contributed by atoms with Crippen LogP contribution in [0.2, 0.25) is 0 Å². The van der Waals surface area contributed by atoms with Crippen molar-refractivity contribution in [3.8, 4) is 0 Å². The molecule has 1 rings (SSSR count). The standard InChI is InChI=1S/C10H15NO2S/c1-13-6-2-4-8(11)10(12)9-5-3-7-14-9/h3,5,7-8H,2,4,6,11H2,1H3. The van der Waals surface area contributed by atoms with Gasteiger partial charge in [-0.2, -0.15) is 0 Å². The van der Waals surface area contributed by atoms with Gasteiger partial charge in [-0.15, -0.1) is 11.3 Å². The van der Waals surface area contributed by atoms with Crippen molar-refractivity contribution < 1.29 is 9.53 Å². The first-order valence-electron chi connectivity index (χ1n) is 4.58. The zero-order chi connectivity index (χ0) is 10.4. The molecule has 2 N–H and O–H groups in total. The van der Waals surface area contributed by atoms with Crippen molar-refractivity contribution in [2.45, 2.75) is 18.9 Å². The molecule has 1 heterocycles. The minimum atomic E-state index is -0.385. The molecule has 0 spiro atoms. The van der Waals surface area contributed by atoms with Crippen LogP contribution in [0.15, 0.2) is 17.5 Å². The lowest BCUT2D eigenvalue weighted by Crippen LogP contribution is -2.30. The van der Waals surface area contributed by atoms with E-state index >= 15 is 0 Å². The van der Waals surface area contributed by atoms with Crippen molar-refractivity contribution in [2.75, 3.05) is 13.7 Å². The molecule has 0 bridgehead atoms. The van der Waals surface area contributed by atoms with Crippen molar-refractivity contribution in [1.29, 1.82) is 0 Å². The van der Waals surface area contributed by atoms with Crippen molar-refractivity contribution in [1.82, 2.24) is 0 Å². The molecular formula is C10H15NO2S. The molecule has 1 atom stereocenters. The molecule has 0 amide bonds. The fourth-order valence-corrected chi connectivity index (χ4v) is 1.91. The number of carbonyl (C=O) groups excluding carboxylic acids is 1. The van der Waals surface area contributed by atoms with E-state index in [0.717, 1.165) is 11.3 Å². The molecule has 0 aliphatic heterocycles. The summed E-state index contributed by atoms with van der Waals surface area (Å²) in [6.45, 7) is 0.658. The summed E-state index contributed by atoms with van der Waals surface area (Å²) in [6.07, 6.45) is 1.51. The van der Waals surface area contributed by atoms with Crippen LogP contribution in [-0.2, 0) is 4.74 Å². The van der Waals surface area contributed by atoms with Crippen molar-refractivity contribution in [2.24, 2.45) is 5.73 Å². The Kier molecular flexibility index (Phi) is 4.79. The maximum absolute atomic E-state index is 11.6. The highest BCUT2D eigenvalue weighted by Crippen LogP contribution is 2.12. The zero-order valence-electron chi connectivity index (χ0n) is 8.23. The van der Waals surface area contributed by atoms with Gasteiger partial charge >= 0.3 is 0 Å². The molecule has 1 unspecified atom stereocenters. The van der Waals surface area contributed by atoms with Gasteiger partial charge in [-0.3, -0.25) is 4.79 Å². The third-order valence-corrected chi connectivity index (χ3v) is 2.85. The topological polar surface area (TPSA) is 52.3 Å². The first-order valence-corrected chi connectivity index (χ1v) is 5.46. The predicted octanol–water partition coefficient (Wildman–Crippen LogP) is 1.68. The molecule has 0 fully saturated rings. The number of thiophene rings is 1. The largest absolute Gasteiger partial charge is 0.385 e. The minimum absolute atomic E-state index is 0.0381. The summed E-state index contributed by atoms with van der Waals surface area (Å²) in [5, 5.41) is 1.88. The molecule has 0 saturated heterocycles. The van der Waals surface area contributed by atoms with E-state index in [2.05, 4.69) is 0 Å². The summed E-state index contributed by atoms with van der Waals surface area (Å²) in [7, 11) is 1.65. The molecule has 0 radical (unpaired) electrons. The Labute approximate surface area is 87.9 Å². The van der Waals surface area contributed by atoms with Crippen LogP contribution in [0.3, 0.4) is 0 Å². The van der Waals surface area contributed by atoms with Crippen molar-refractivity contribution in [3.63, 3.8) is 0 Å². The Morgan fingerprint density at radius 2 is 2.50 bits per heavy atom. The summed E-state index contributed by atoms with van der Waals surface area (Å²) < 4.78 is 4.90. The molecule has 0 aliphatic rings. The summed E-state index contributed by atoms with van der Waals surface area (Å²) in [5.41, 5.74) is 5.75. The van der Waals surface area contributed by atoms with Gasteiger partial charge in [0.05, 0.1) is 10.9 Å². The second kappa shape index (κ2) is 5.90. The summed E-state index contributed by atoms with van der Waals surface area (Å²) >= 11 is 1.44. The number of Topliss-reactive ketones (excluding diaryl/α,β-unsaturated/α-hetero) is 1. The lowest BCUT2D eigenvalue weighted by molar-refractivity contribution is 0.0954. The molecule has 0 saturated carbocycles. The highest BCUT2D eigenvalue weighted by Gasteiger charge is 2.15. The monoisotopic (exact) mass is 213 g/mol. The van der Waals surface area contributed by atoms with Gasteiger partial charge in [0.1, 0.15) is 0 Å². The molecular weight excluding hydrogens is 198 g/mol. The third-order valence-electron chi connectivity index (χ3n) is 1.96. The predicted molar refractivity (Wildman–Crippen MR) is 57.7 cm³/mol. The number of nitrogens with two attached hydrogens (primary N) is 1. The molecule has 14 heavy (non-hydrogen) atoms. The molecule has 78 valence electrons. The van der Waals surface area contributed by atoms with E-state index < -0.39 is 0 Å². The zero-order valence-corrected chi connectivity index (χ0v) is 9.05. The second-order valence-corrected chi connectivity index (χ2v) is 4.03. The van der Waals surface area contributed by atoms with Crippen LogP contribution in [0.25, 0.3) is 0 Å². The van der Waals surface area contributed by atoms with Gasteiger partial charge in [0.2, 0.25) is 0 Å². The molecule has 3 nitrogen and oxygen atoms in total. The van der Waals surface area contributed by atoms with Gasteiger partial charge in [0.25, 0.3) is 0 Å². The van der Waals surface area contributed by atoms with Crippen LogP contribution in [0.4, 0.5) is 0 Å². The van der Waals surface area contributed by atoms with Gasteiger partial charge in [0.15, 0.2) is 5.78 Å². The fraction of sp³-hybridized carbons (Fsp3) is 0.500. The highest BCUT2D eigenvalue weighted by atomic mass is 32.1. The third kappa shape index (κ3) is 3.21. The van der Waals surface area contributed by atoms with E-state index in [1.165, 1.54) is 11.3 Å². The van der Waals surface area contributed by atoms with E-state index in [1.807, 2.05) is 17.5 Å². The number of methoxy groups -OCH3 is 1. The Bertz CT molecular complexity index is 272. The normalized spacial score (nSPS) is 12.7. The smallest absolute Gasteiger partial charge is 0.189 e. The van der Waals surface area contributed by atoms with Crippen molar-refractivity contribution in [3.05, 3.63) is 22.4 Å². The van der Waals surface area contributed by atoms with Crippen LogP contribution in [0.5, 0.6) is 0 Å². The summed E-state index contributed by atoms with van der Waals surface area (Å²) in [5.74, 6) is 0.0381. The quantitative estimate of drug-likeness (QED) is 0.578. The lowest BCUT2D eigenvalue weighted by Gasteiger charge is -2.08. The van der Waals surface area contributed by atoms with Gasteiger partial charge < -0.3 is 10.5 Å². The van der Waals surface area contributed by atoms with Crippen molar-refractivity contribution >= 4 is 17.1 Å². The fourth-order valence-electron chi connectivity index (χ4n) is 1.18. The van der Waals surface area contributed by atoms with Gasteiger partial charge in [0, 0.05) is 13.7 Å². The van der Waals surface area contributed by atoms with Crippen LogP contribution < -0.4 is 5.73 Å². The minimum Gasteiger partial charge on any atom is -0.385 e. The second-order valence-electron chi connectivity index (χ2n) is 3.08. The Morgan fingerprint density at radius 3 is 3.07 bits per heavy atom. The van der Waals surface area contributed by atoms with Crippen LogP contribution in [0.1, 0.15) is 22.5 Å². The molecule has 0 aliphatic carbocycles. The number of hydrogen-bond donors (Lipinski definition) is 1. The van der Waals surface area contributed by atoms with Crippen LogP contribution in [0, 0.1) is 0 Å². The first-order chi connectivity index (χ1) is 6.75. The Morgan fingerprint density at radius 1 is 1.71 bits per heavy atom. The lowest BCUT2D eigenvalue weighted by atomic mass is 10.1. The number of ether oxygens (including phenoxy) is 1. The van der Waals surface area contributed by atoms with E-state index in [1.54, 1.807) is 7.11 Å². The van der Waals surface area contributed by atoms with E-state index in [9.17, 15) is 4.79 Å². The number of carbonyl (C=O) groups is 1. The molecule has 4 heteroatoms. The first kappa shape index (κ1) is 11.4. The maximum Gasteiger partial charge on any atom is 0.189 e. The Hall–Kier alpha value is -0.710. The average molecular weight is 213 g/mol. The number of rotatable bonds is 6. The van der Waals surface area contributed by atoms with E-state index in [4.69, 9.17) is 10.5 Å². The van der Waals surface area contributed by atoms with E-state index in [0.29, 0.717) is 13.0 Å². The molecule has 1 aromatic rings. The maximum atomic E-state index is 11.6. The Balaban J connectivity index is 2.37. The SMILES string of the molecule is COCCCC(N)C(=O)c1cccs1. The average Bonchev–Trinajstić information content (AvgIpc) is 2.69. The van der Waals surface area contributed by atoms with Gasteiger partial charge in [-0.05, 0) is 24.3 Å². The molecule has 1 aromatic heterocycles. The van der Waals surface area contributed by atoms with Gasteiger partial charge in [-0.25, -0.2) is 0 Å². The summed E-state index contributed by atoms with van der Waals surface area (Å²) in [4.78, 5) is 12.4. The van der Waals surface area contributed by atoms with Crippen LogP contribution >= 0.6 is 11.3 Å². The number of ketones is 1. The summed E-state index contributed by atoms with van der Waals surface area (Å²) in [6, 6.07) is 3.28. The molecule has 0 aromatic carbocycles.